The minimum atomic E-state index is 0.0320. The van der Waals surface area contributed by atoms with Gasteiger partial charge in [-0.2, -0.15) is 0 Å². The molecule has 0 fully saturated rings. The van der Waals surface area contributed by atoms with Gasteiger partial charge < -0.3 is 9.88 Å². The minimum Gasteiger partial charge on any atom is -0.349 e. The van der Waals surface area contributed by atoms with E-state index in [9.17, 15) is 4.79 Å². The fourth-order valence-electron chi connectivity index (χ4n) is 3.45. The fraction of sp³-hybridized carbons (Fsp3) is 0.571. The van der Waals surface area contributed by atoms with Crippen LogP contribution >= 0.6 is 0 Å². The molecule has 0 saturated heterocycles. The maximum absolute atomic E-state index is 12.0. The van der Waals surface area contributed by atoms with Crippen LogP contribution < -0.4 is 5.32 Å². The molecule has 2 heterocycles. The molecule has 0 saturated carbocycles. The second-order valence-electron chi connectivity index (χ2n) is 7.67. The largest absolute Gasteiger partial charge is 0.349 e. The molecule has 1 atom stereocenters. The average molecular weight is 370 g/mol. The minimum absolute atomic E-state index is 0.0320. The number of carbonyl (C=O) groups excluding carboxylic acids is 1. The highest BCUT2D eigenvalue weighted by Gasteiger charge is 2.20. The summed E-state index contributed by atoms with van der Waals surface area (Å²) in [5.74, 6) is 1.99. The highest BCUT2D eigenvalue weighted by atomic mass is 16.1. The molecule has 1 aromatic heterocycles. The molecule has 0 bridgehead atoms. The van der Waals surface area contributed by atoms with E-state index in [1.807, 2.05) is 13.8 Å². The van der Waals surface area contributed by atoms with Crippen molar-refractivity contribution in [1.29, 1.82) is 0 Å². The van der Waals surface area contributed by atoms with Crippen LogP contribution in [0.25, 0.3) is 0 Å². The number of fused-ring (bicyclic) bond motifs is 1. The molecule has 1 aliphatic heterocycles. The zero-order valence-corrected chi connectivity index (χ0v) is 17.0. The van der Waals surface area contributed by atoms with Gasteiger partial charge >= 0.3 is 0 Å². The maximum Gasteiger partial charge on any atom is 0.223 e. The van der Waals surface area contributed by atoms with E-state index in [-0.39, 0.29) is 11.8 Å². The van der Waals surface area contributed by atoms with Crippen molar-refractivity contribution < 1.29 is 4.79 Å². The van der Waals surface area contributed by atoms with E-state index in [2.05, 4.69) is 57.0 Å². The van der Waals surface area contributed by atoms with Crippen LogP contribution in [0.1, 0.15) is 48.6 Å². The van der Waals surface area contributed by atoms with Gasteiger partial charge in [-0.15, -0.1) is 10.2 Å². The summed E-state index contributed by atoms with van der Waals surface area (Å²) in [7, 11) is 0. The summed E-state index contributed by atoms with van der Waals surface area (Å²) in [6.07, 6.45) is 1.73. The van der Waals surface area contributed by atoms with Gasteiger partial charge in [0.05, 0.1) is 6.54 Å². The van der Waals surface area contributed by atoms with Gasteiger partial charge in [0.2, 0.25) is 5.91 Å². The number of nitrogens with zero attached hydrogens (tertiary/aromatic N) is 4. The van der Waals surface area contributed by atoms with E-state index in [1.54, 1.807) is 0 Å². The highest BCUT2D eigenvalue weighted by Crippen LogP contribution is 2.16. The quantitative estimate of drug-likeness (QED) is 0.850. The molecule has 27 heavy (non-hydrogen) atoms. The van der Waals surface area contributed by atoms with Crippen molar-refractivity contribution in [3.05, 3.63) is 46.5 Å². The molecule has 146 valence electrons. The highest BCUT2D eigenvalue weighted by molar-refractivity contribution is 5.78. The number of nitrogens with one attached hydrogen (secondary N) is 1. The van der Waals surface area contributed by atoms with Gasteiger partial charge in [0.25, 0.3) is 0 Å². The van der Waals surface area contributed by atoms with Crippen LogP contribution in [0.15, 0.2) is 18.2 Å². The number of rotatable bonds is 6. The van der Waals surface area contributed by atoms with Crippen LogP contribution in [0.4, 0.5) is 0 Å². The summed E-state index contributed by atoms with van der Waals surface area (Å²) >= 11 is 0. The summed E-state index contributed by atoms with van der Waals surface area (Å²) in [4.78, 5) is 14.5. The van der Waals surface area contributed by atoms with Crippen molar-refractivity contribution in [2.45, 2.75) is 60.2 Å². The molecular formula is C21H31N5O. The Kier molecular flexibility index (Phi) is 6.26. The van der Waals surface area contributed by atoms with E-state index in [0.717, 1.165) is 50.7 Å². The number of benzene rings is 1. The molecule has 1 aliphatic rings. The van der Waals surface area contributed by atoms with Crippen molar-refractivity contribution in [3.63, 3.8) is 0 Å². The van der Waals surface area contributed by atoms with Crippen LogP contribution in [0, 0.1) is 19.8 Å². The van der Waals surface area contributed by atoms with E-state index in [4.69, 9.17) is 0 Å². The molecule has 2 aromatic rings. The average Bonchev–Trinajstić information content (AvgIpc) is 2.94. The van der Waals surface area contributed by atoms with Gasteiger partial charge in [-0.25, -0.2) is 0 Å². The zero-order chi connectivity index (χ0) is 19.4. The number of hydrogen-bond donors (Lipinski definition) is 1. The molecule has 0 aliphatic carbocycles. The van der Waals surface area contributed by atoms with Crippen molar-refractivity contribution >= 4 is 5.91 Å². The molecule has 6 heteroatoms. The molecule has 1 amide bonds. The molecule has 0 unspecified atom stereocenters. The van der Waals surface area contributed by atoms with Crippen LogP contribution in [0.5, 0.6) is 0 Å². The lowest BCUT2D eigenvalue weighted by atomic mass is 10.1. The van der Waals surface area contributed by atoms with Crippen LogP contribution in [0.3, 0.4) is 0 Å². The number of amides is 1. The first-order valence-corrected chi connectivity index (χ1v) is 9.95. The predicted molar refractivity (Wildman–Crippen MR) is 106 cm³/mol. The molecule has 6 nitrogen and oxygen atoms in total. The Bertz CT molecular complexity index is 798. The van der Waals surface area contributed by atoms with E-state index < -0.39 is 0 Å². The number of aryl methyl sites for hydroxylation is 2. The van der Waals surface area contributed by atoms with E-state index >= 15 is 0 Å². The third-order valence-corrected chi connectivity index (χ3v) is 5.57. The first kappa shape index (κ1) is 19.5. The summed E-state index contributed by atoms with van der Waals surface area (Å²) in [5.41, 5.74) is 4.05. The third-order valence-electron chi connectivity index (χ3n) is 5.57. The Hall–Kier alpha value is -2.21. The Labute approximate surface area is 162 Å². The monoisotopic (exact) mass is 369 g/mol. The van der Waals surface area contributed by atoms with Gasteiger partial charge in [0, 0.05) is 38.5 Å². The van der Waals surface area contributed by atoms with Gasteiger partial charge in [0.1, 0.15) is 5.82 Å². The molecule has 0 spiro atoms. The first-order chi connectivity index (χ1) is 13.0. The Balaban J connectivity index is 1.62. The summed E-state index contributed by atoms with van der Waals surface area (Å²) in [6, 6.07) is 6.66. The predicted octanol–water partition coefficient (Wildman–Crippen LogP) is 2.62. The van der Waals surface area contributed by atoms with Gasteiger partial charge in [-0.1, -0.05) is 37.6 Å². The van der Waals surface area contributed by atoms with Gasteiger partial charge in [0.15, 0.2) is 5.82 Å². The second-order valence-corrected chi connectivity index (χ2v) is 7.67. The number of aromatic nitrogens is 3. The molecule has 1 N–H and O–H groups in total. The van der Waals surface area contributed by atoms with Crippen LogP contribution in [-0.4, -0.2) is 38.7 Å². The Morgan fingerprint density at radius 2 is 2.04 bits per heavy atom. The van der Waals surface area contributed by atoms with Crippen molar-refractivity contribution in [3.8, 4) is 0 Å². The standard InChI is InChI=1S/C21H31N5O/c1-5-16(3)21(27)22-13-20-24-23-19-8-9-25(10-11-26(19)20)14-18-12-15(2)6-7-17(18)4/h6-7,12,16H,5,8-11,13-14H2,1-4H3,(H,22,27)/t16-/m0/s1. The van der Waals surface area contributed by atoms with Crippen molar-refractivity contribution in [2.24, 2.45) is 5.92 Å². The normalized spacial score (nSPS) is 15.9. The summed E-state index contributed by atoms with van der Waals surface area (Å²) in [5, 5.41) is 11.7. The summed E-state index contributed by atoms with van der Waals surface area (Å²) < 4.78 is 2.18. The first-order valence-electron chi connectivity index (χ1n) is 9.95. The van der Waals surface area contributed by atoms with Crippen LogP contribution in [0.2, 0.25) is 0 Å². The fourth-order valence-corrected chi connectivity index (χ4v) is 3.45. The molecule has 3 rings (SSSR count). The van der Waals surface area contributed by atoms with Crippen LogP contribution in [-0.2, 0) is 30.8 Å². The Morgan fingerprint density at radius 3 is 2.81 bits per heavy atom. The lowest BCUT2D eigenvalue weighted by Crippen LogP contribution is -2.30. The molecular weight excluding hydrogens is 338 g/mol. The van der Waals surface area contributed by atoms with E-state index in [0.29, 0.717) is 6.54 Å². The second kappa shape index (κ2) is 8.65. The SMILES string of the molecule is CC[C@H](C)C(=O)NCc1nnc2n1CCN(Cc1cc(C)ccc1C)CC2. The topological polar surface area (TPSA) is 63.1 Å². The lowest BCUT2D eigenvalue weighted by Gasteiger charge is -2.21. The zero-order valence-electron chi connectivity index (χ0n) is 17.0. The van der Waals surface area contributed by atoms with E-state index in [1.165, 1.54) is 16.7 Å². The Morgan fingerprint density at radius 1 is 1.22 bits per heavy atom. The smallest absolute Gasteiger partial charge is 0.223 e. The third kappa shape index (κ3) is 4.75. The number of carbonyl (C=O) groups is 1. The van der Waals surface area contributed by atoms with Crippen molar-refractivity contribution in [2.75, 3.05) is 13.1 Å². The summed E-state index contributed by atoms with van der Waals surface area (Å²) in [6.45, 7) is 12.5. The number of hydrogen-bond acceptors (Lipinski definition) is 4. The van der Waals surface area contributed by atoms with Gasteiger partial charge in [-0.05, 0) is 31.4 Å². The lowest BCUT2D eigenvalue weighted by molar-refractivity contribution is -0.124. The molecule has 1 aromatic carbocycles. The van der Waals surface area contributed by atoms with Gasteiger partial charge in [-0.3, -0.25) is 9.69 Å². The maximum atomic E-state index is 12.0. The van der Waals surface area contributed by atoms with Crippen molar-refractivity contribution in [1.82, 2.24) is 25.0 Å². The molecule has 0 radical (unpaired) electrons.